The largest absolute Gasteiger partial charge is 0.369 e. The molecule has 1 saturated carbocycles. The van der Waals surface area contributed by atoms with E-state index in [4.69, 9.17) is 11.6 Å². The molecule has 0 spiro atoms. The van der Waals surface area contributed by atoms with Gasteiger partial charge >= 0.3 is 0 Å². The molecular weight excluding hydrogens is 540 g/mol. The molecule has 1 heterocycles. The fraction of sp³-hybridized carbons (Fsp3) is 0.793. The maximum absolute atomic E-state index is 13.8. The SMILES string of the molecule is CC[C@@H]1NC(=O)[C@H](CCCN=C(N)NN)CC(=O)[C@](C)(NC(=O)C(C)C)CCNC(=O)[C@@H](CC2CCCCC2)NC1=O. The van der Waals surface area contributed by atoms with Crippen LogP contribution in [-0.2, 0) is 24.0 Å². The molecule has 0 aromatic heterocycles. The average Bonchev–Trinajstić information content (AvgIpc) is 2.96. The third-order valence-electron chi connectivity index (χ3n) is 8.37. The molecule has 238 valence electrons. The Morgan fingerprint density at radius 2 is 1.71 bits per heavy atom. The lowest BCUT2D eigenvalue weighted by Gasteiger charge is -2.33. The Morgan fingerprint density at radius 3 is 2.33 bits per heavy atom. The van der Waals surface area contributed by atoms with E-state index in [9.17, 15) is 24.0 Å². The second-order valence-corrected chi connectivity index (χ2v) is 12.2. The number of amides is 4. The molecule has 0 aromatic rings. The summed E-state index contributed by atoms with van der Waals surface area (Å²) in [6, 6.07) is -1.64. The van der Waals surface area contributed by atoms with Gasteiger partial charge in [0.05, 0.1) is 5.54 Å². The van der Waals surface area contributed by atoms with Crippen molar-refractivity contribution >= 4 is 35.4 Å². The number of hydrazine groups is 1. The molecule has 2 aliphatic rings. The molecule has 42 heavy (non-hydrogen) atoms. The second kappa shape index (κ2) is 17.0. The molecule has 0 unspecified atom stereocenters. The normalized spacial score (nSPS) is 27.5. The Kier molecular flexibility index (Phi) is 14.2. The van der Waals surface area contributed by atoms with Crippen LogP contribution in [0.5, 0.6) is 0 Å². The topological polar surface area (TPSA) is 210 Å². The Labute approximate surface area is 249 Å². The number of Topliss-reactive ketones (excluding diaryl/α,β-unsaturated/α-hetero) is 1. The van der Waals surface area contributed by atoms with E-state index < -0.39 is 35.4 Å². The predicted molar refractivity (Wildman–Crippen MR) is 161 cm³/mol. The molecule has 2 rings (SSSR count). The number of nitrogens with two attached hydrogens (primary N) is 2. The fourth-order valence-corrected chi connectivity index (χ4v) is 5.51. The van der Waals surface area contributed by atoms with Crippen LogP contribution in [0, 0.1) is 17.8 Å². The Bertz CT molecular complexity index is 981. The highest BCUT2D eigenvalue weighted by Crippen LogP contribution is 2.28. The summed E-state index contributed by atoms with van der Waals surface area (Å²) in [4.78, 5) is 70.7. The van der Waals surface area contributed by atoms with Crippen LogP contribution in [0.3, 0.4) is 0 Å². The van der Waals surface area contributed by atoms with Gasteiger partial charge in [-0.15, -0.1) is 0 Å². The van der Waals surface area contributed by atoms with Gasteiger partial charge in [-0.1, -0.05) is 52.9 Å². The molecule has 0 aromatic carbocycles. The van der Waals surface area contributed by atoms with E-state index in [1.54, 1.807) is 27.7 Å². The smallest absolute Gasteiger partial charge is 0.243 e. The molecule has 9 N–H and O–H groups in total. The maximum atomic E-state index is 13.8. The maximum Gasteiger partial charge on any atom is 0.243 e. The fourth-order valence-electron chi connectivity index (χ4n) is 5.51. The minimum absolute atomic E-state index is 0.0538. The number of rotatable bonds is 9. The van der Waals surface area contributed by atoms with E-state index in [0.717, 1.165) is 25.7 Å². The van der Waals surface area contributed by atoms with Crippen LogP contribution in [0.4, 0.5) is 0 Å². The summed E-state index contributed by atoms with van der Waals surface area (Å²) in [6.45, 7) is 7.27. The summed E-state index contributed by atoms with van der Waals surface area (Å²) < 4.78 is 0. The highest BCUT2D eigenvalue weighted by Gasteiger charge is 2.39. The molecule has 0 bridgehead atoms. The summed E-state index contributed by atoms with van der Waals surface area (Å²) in [5.74, 6) is 2.66. The van der Waals surface area contributed by atoms with Gasteiger partial charge in [-0.25, -0.2) is 5.84 Å². The van der Waals surface area contributed by atoms with E-state index in [1.165, 1.54) is 6.42 Å². The van der Waals surface area contributed by atoms with Crippen LogP contribution >= 0.6 is 0 Å². The van der Waals surface area contributed by atoms with Crippen molar-refractivity contribution < 1.29 is 24.0 Å². The zero-order valence-electron chi connectivity index (χ0n) is 25.7. The number of carbonyl (C=O) groups is 5. The first-order chi connectivity index (χ1) is 19.9. The molecule has 1 aliphatic heterocycles. The van der Waals surface area contributed by atoms with Crippen molar-refractivity contribution in [1.82, 2.24) is 26.7 Å². The predicted octanol–water partition coefficient (Wildman–Crippen LogP) is 0.521. The van der Waals surface area contributed by atoms with E-state index in [-0.39, 0.29) is 55.4 Å². The molecule has 0 radical (unpaired) electrons. The van der Waals surface area contributed by atoms with Gasteiger partial charge in [0.2, 0.25) is 29.6 Å². The first kappa shape index (κ1) is 35.0. The van der Waals surface area contributed by atoms with Crippen LogP contribution in [-0.4, -0.2) is 66.1 Å². The molecule has 1 saturated heterocycles. The minimum Gasteiger partial charge on any atom is -0.369 e. The van der Waals surface area contributed by atoms with Crippen molar-refractivity contribution in [3.05, 3.63) is 0 Å². The van der Waals surface area contributed by atoms with E-state index in [0.29, 0.717) is 31.6 Å². The first-order valence-corrected chi connectivity index (χ1v) is 15.4. The van der Waals surface area contributed by atoms with E-state index in [2.05, 4.69) is 31.7 Å². The zero-order valence-corrected chi connectivity index (χ0v) is 25.7. The second-order valence-electron chi connectivity index (χ2n) is 12.2. The third-order valence-corrected chi connectivity index (χ3v) is 8.37. The van der Waals surface area contributed by atoms with Gasteiger partial charge in [0.25, 0.3) is 0 Å². The van der Waals surface area contributed by atoms with Gasteiger partial charge in [-0.3, -0.25) is 34.4 Å². The standard InChI is InChI=1S/C29H52N8O5/c1-5-21-27(42)35-22(16-19-10-7-6-8-11-19)26(41)32-15-13-29(4,36-24(39)18(2)3)23(38)17-20(25(40)34-21)12-9-14-33-28(30)37-31/h18-22H,5-17,31H2,1-4H3,(H,32,41)(H,34,40)(H,35,42)(H,36,39)(H3,30,33,37)/t20-,21+,22-,29-/m1/s1. The van der Waals surface area contributed by atoms with Gasteiger partial charge in [0.15, 0.2) is 5.78 Å². The van der Waals surface area contributed by atoms with E-state index >= 15 is 0 Å². The van der Waals surface area contributed by atoms with Crippen LogP contribution in [0.15, 0.2) is 4.99 Å². The summed E-state index contributed by atoms with van der Waals surface area (Å²) in [6.07, 6.45) is 6.88. The molecule has 1 aliphatic carbocycles. The quantitative estimate of drug-likeness (QED) is 0.0658. The molecule has 4 atom stereocenters. The van der Waals surface area contributed by atoms with Crippen LogP contribution in [0.1, 0.15) is 98.3 Å². The van der Waals surface area contributed by atoms with Crippen molar-refractivity contribution in [2.45, 2.75) is 116 Å². The van der Waals surface area contributed by atoms with Crippen molar-refractivity contribution in [2.24, 2.45) is 34.3 Å². The summed E-state index contributed by atoms with van der Waals surface area (Å²) in [5, 5.41) is 11.5. The molecule has 13 heteroatoms. The number of nitrogens with zero attached hydrogens (tertiary/aromatic N) is 1. The van der Waals surface area contributed by atoms with Gasteiger partial charge in [0, 0.05) is 31.3 Å². The highest BCUT2D eigenvalue weighted by molar-refractivity contribution is 5.97. The Balaban J connectivity index is 2.37. The number of hydrogen-bond donors (Lipinski definition) is 7. The van der Waals surface area contributed by atoms with Crippen LogP contribution in [0.2, 0.25) is 0 Å². The number of hydrogen-bond acceptors (Lipinski definition) is 7. The third kappa shape index (κ3) is 10.9. The minimum atomic E-state index is -1.31. The van der Waals surface area contributed by atoms with Gasteiger partial charge in [-0.2, -0.15) is 0 Å². The van der Waals surface area contributed by atoms with Crippen molar-refractivity contribution in [3.8, 4) is 0 Å². The monoisotopic (exact) mass is 592 g/mol. The summed E-state index contributed by atoms with van der Waals surface area (Å²) in [5.41, 5.74) is 6.52. The lowest BCUT2D eigenvalue weighted by molar-refractivity contribution is -0.137. The van der Waals surface area contributed by atoms with E-state index in [1.807, 2.05) is 0 Å². The molecule has 2 fully saturated rings. The first-order valence-electron chi connectivity index (χ1n) is 15.4. The Hall–Kier alpha value is -3.22. The van der Waals surface area contributed by atoms with Crippen LogP contribution < -0.4 is 38.3 Å². The summed E-state index contributed by atoms with van der Waals surface area (Å²) >= 11 is 0. The molecular formula is C29H52N8O5. The van der Waals surface area contributed by atoms with Gasteiger partial charge in [-0.05, 0) is 44.9 Å². The van der Waals surface area contributed by atoms with Crippen LogP contribution in [0.25, 0.3) is 0 Å². The average molecular weight is 593 g/mol. The van der Waals surface area contributed by atoms with Gasteiger partial charge < -0.3 is 27.0 Å². The van der Waals surface area contributed by atoms with Crippen molar-refractivity contribution in [3.63, 3.8) is 0 Å². The number of carbonyl (C=O) groups excluding carboxylic acids is 5. The number of ketones is 1. The van der Waals surface area contributed by atoms with Gasteiger partial charge in [0.1, 0.15) is 12.1 Å². The summed E-state index contributed by atoms with van der Waals surface area (Å²) in [7, 11) is 0. The Morgan fingerprint density at radius 1 is 1.05 bits per heavy atom. The lowest BCUT2D eigenvalue weighted by atomic mass is 9.83. The molecule has 13 nitrogen and oxygen atoms in total. The number of aliphatic imine (C=N–C) groups is 1. The highest BCUT2D eigenvalue weighted by atomic mass is 16.2. The van der Waals surface area contributed by atoms with Crippen molar-refractivity contribution in [2.75, 3.05) is 13.1 Å². The zero-order chi connectivity index (χ0) is 31.3. The molecule has 4 amide bonds. The number of guanidine groups is 1. The lowest BCUT2D eigenvalue weighted by Crippen LogP contribution is -2.58. The number of nitrogens with one attached hydrogen (secondary N) is 5. The van der Waals surface area contributed by atoms with Crippen molar-refractivity contribution in [1.29, 1.82) is 0 Å².